The SMILES string of the molecule is Cn1ccnc1CN(C(=O)[C@H]1C[C@@H]1c1cccc(F)c1)c1ccc2c(c1)C(NS(=O)(=O)c1ccc(F)cc1)CCC2. The number of amides is 1. The molecule has 1 heterocycles. The molecule has 3 atom stereocenters. The lowest BCUT2D eigenvalue weighted by Gasteiger charge is -2.29. The second-order valence-corrected chi connectivity index (χ2v) is 12.5. The van der Waals surface area contributed by atoms with Crippen molar-refractivity contribution in [2.24, 2.45) is 13.0 Å². The number of sulfonamides is 1. The number of aryl methyl sites for hydroxylation is 2. The Balaban J connectivity index is 1.31. The average molecular weight is 577 g/mol. The Labute approximate surface area is 237 Å². The number of hydrogen-bond acceptors (Lipinski definition) is 4. The Morgan fingerprint density at radius 3 is 2.61 bits per heavy atom. The van der Waals surface area contributed by atoms with E-state index < -0.39 is 21.9 Å². The molecular formula is C31H30F2N4O3S. The van der Waals surface area contributed by atoms with Crippen LogP contribution in [0.3, 0.4) is 0 Å². The Morgan fingerprint density at radius 1 is 1.07 bits per heavy atom. The molecule has 6 rings (SSSR count). The van der Waals surface area contributed by atoms with Gasteiger partial charge in [-0.15, -0.1) is 0 Å². The van der Waals surface area contributed by atoms with Crippen LogP contribution < -0.4 is 9.62 Å². The van der Waals surface area contributed by atoms with Gasteiger partial charge in [0.1, 0.15) is 17.5 Å². The second kappa shape index (κ2) is 10.8. The monoisotopic (exact) mass is 576 g/mol. The summed E-state index contributed by atoms with van der Waals surface area (Å²) >= 11 is 0. The van der Waals surface area contributed by atoms with Crippen molar-refractivity contribution in [3.8, 4) is 0 Å². The second-order valence-electron chi connectivity index (χ2n) is 10.8. The van der Waals surface area contributed by atoms with Crippen LogP contribution in [0.5, 0.6) is 0 Å². The topological polar surface area (TPSA) is 84.3 Å². The van der Waals surface area contributed by atoms with Crippen molar-refractivity contribution >= 4 is 21.6 Å². The predicted molar refractivity (Wildman–Crippen MR) is 150 cm³/mol. The molecule has 0 aliphatic heterocycles. The van der Waals surface area contributed by atoms with Crippen LogP contribution in [0.25, 0.3) is 0 Å². The molecule has 212 valence electrons. The van der Waals surface area contributed by atoms with Gasteiger partial charge in [-0.3, -0.25) is 4.79 Å². The van der Waals surface area contributed by atoms with Gasteiger partial charge in [0.05, 0.1) is 11.4 Å². The minimum absolute atomic E-state index is 0.00844. The summed E-state index contributed by atoms with van der Waals surface area (Å²) in [6.45, 7) is 0.236. The Hall–Kier alpha value is -3.89. The van der Waals surface area contributed by atoms with E-state index in [1.807, 2.05) is 42.1 Å². The molecule has 0 saturated heterocycles. The highest BCUT2D eigenvalue weighted by molar-refractivity contribution is 7.89. The van der Waals surface area contributed by atoms with E-state index in [1.54, 1.807) is 17.2 Å². The Morgan fingerprint density at radius 2 is 1.88 bits per heavy atom. The number of halogens is 2. The third-order valence-corrected chi connectivity index (χ3v) is 9.54. The fourth-order valence-electron chi connectivity index (χ4n) is 5.71. The van der Waals surface area contributed by atoms with Crippen LogP contribution >= 0.6 is 0 Å². The molecule has 1 fully saturated rings. The molecule has 41 heavy (non-hydrogen) atoms. The van der Waals surface area contributed by atoms with Crippen molar-refractivity contribution < 1.29 is 22.0 Å². The molecule has 1 N–H and O–H groups in total. The number of hydrogen-bond donors (Lipinski definition) is 1. The van der Waals surface area contributed by atoms with E-state index in [1.165, 1.54) is 24.3 Å². The molecular weight excluding hydrogens is 546 g/mol. The molecule has 1 aromatic heterocycles. The van der Waals surface area contributed by atoms with E-state index in [4.69, 9.17) is 0 Å². The maximum atomic E-state index is 14.0. The molecule has 0 radical (unpaired) electrons. The van der Waals surface area contributed by atoms with Crippen LogP contribution in [-0.4, -0.2) is 23.9 Å². The summed E-state index contributed by atoms with van der Waals surface area (Å²) in [5.74, 6) is -0.566. The standard InChI is InChI=1S/C31H30F2N4O3S/c1-36-15-14-34-30(36)19-37(31(38)28-18-26(28)21-5-2-6-23(33)16-21)24-11-8-20-4-3-7-29(27(20)17-24)35-41(39,40)25-12-9-22(32)10-13-25/h2,5-6,8-17,26,28-29,35H,3-4,7,18-19H2,1H3/t26-,28+,29?/m1/s1. The number of benzene rings is 3. The van der Waals surface area contributed by atoms with Gasteiger partial charge in [0.15, 0.2) is 0 Å². The average Bonchev–Trinajstić information content (AvgIpc) is 3.66. The van der Waals surface area contributed by atoms with Gasteiger partial charge in [-0.05, 0) is 96.8 Å². The molecule has 2 aliphatic carbocycles. The first kappa shape index (κ1) is 27.3. The first-order valence-electron chi connectivity index (χ1n) is 13.6. The maximum Gasteiger partial charge on any atom is 0.241 e. The zero-order valence-electron chi connectivity index (χ0n) is 22.5. The summed E-state index contributed by atoms with van der Waals surface area (Å²) in [7, 11) is -2.04. The summed E-state index contributed by atoms with van der Waals surface area (Å²) in [5, 5.41) is 0. The number of carbonyl (C=O) groups is 1. The number of imidazole rings is 1. The summed E-state index contributed by atoms with van der Waals surface area (Å²) < 4.78 is 58.2. The number of rotatable bonds is 8. The van der Waals surface area contributed by atoms with Crippen molar-refractivity contribution in [1.82, 2.24) is 14.3 Å². The van der Waals surface area contributed by atoms with Crippen molar-refractivity contribution in [2.75, 3.05) is 4.90 Å². The van der Waals surface area contributed by atoms with E-state index in [2.05, 4.69) is 9.71 Å². The van der Waals surface area contributed by atoms with E-state index in [0.717, 1.165) is 41.7 Å². The Kier molecular flexibility index (Phi) is 7.21. The van der Waals surface area contributed by atoms with Crippen LogP contribution in [0, 0.1) is 17.6 Å². The van der Waals surface area contributed by atoms with Gasteiger partial charge < -0.3 is 9.47 Å². The molecule has 4 aromatic rings. The van der Waals surface area contributed by atoms with Gasteiger partial charge in [-0.1, -0.05) is 18.2 Å². The van der Waals surface area contributed by atoms with Crippen LogP contribution in [0.4, 0.5) is 14.5 Å². The third kappa shape index (κ3) is 5.67. The number of anilines is 1. The van der Waals surface area contributed by atoms with Crippen LogP contribution in [0.15, 0.2) is 84.0 Å². The number of carbonyl (C=O) groups excluding carboxylic acids is 1. The van der Waals surface area contributed by atoms with Gasteiger partial charge in [0, 0.05) is 37.1 Å². The van der Waals surface area contributed by atoms with Crippen molar-refractivity contribution in [3.05, 3.63) is 113 Å². The molecule has 1 amide bonds. The minimum atomic E-state index is -3.90. The van der Waals surface area contributed by atoms with Crippen LogP contribution in [-0.2, 0) is 34.8 Å². The lowest BCUT2D eigenvalue weighted by molar-refractivity contribution is -0.120. The number of aromatic nitrogens is 2. The molecule has 1 unspecified atom stereocenters. The van der Waals surface area contributed by atoms with Crippen molar-refractivity contribution in [1.29, 1.82) is 0 Å². The maximum absolute atomic E-state index is 14.0. The highest BCUT2D eigenvalue weighted by Gasteiger charge is 2.46. The quantitative estimate of drug-likeness (QED) is 0.305. The van der Waals surface area contributed by atoms with E-state index >= 15 is 0 Å². The fourth-order valence-corrected chi connectivity index (χ4v) is 6.96. The summed E-state index contributed by atoms with van der Waals surface area (Å²) in [5.41, 5.74) is 3.28. The van der Waals surface area contributed by atoms with Crippen LogP contribution in [0.1, 0.15) is 53.7 Å². The van der Waals surface area contributed by atoms with Gasteiger partial charge in [0.25, 0.3) is 0 Å². The Bertz CT molecular complexity index is 1700. The molecule has 7 nitrogen and oxygen atoms in total. The third-order valence-electron chi connectivity index (χ3n) is 8.05. The molecule has 10 heteroatoms. The van der Waals surface area contributed by atoms with E-state index in [0.29, 0.717) is 24.4 Å². The van der Waals surface area contributed by atoms with E-state index in [-0.39, 0.29) is 35.0 Å². The largest absolute Gasteiger partial charge is 0.337 e. The highest BCUT2D eigenvalue weighted by atomic mass is 32.2. The normalized spacial score (nSPS) is 19.9. The first-order valence-corrected chi connectivity index (χ1v) is 15.1. The van der Waals surface area contributed by atoms with Gasteiger partial charge in [-0.2, -0.15) is 0 Å². The van der Waals surface area contributed by atoms with Gasteiger partial charge in [0.2, 0.25) is 15.9 Å². The summed E-state index contributed by atoms with van der Waals surface area (Å²) in [6.07, 6.45) is 6.31. The molecule has 1 saturated carbocycles. The van der Waals surface area contributed by atoms with Crippen LogP contribution in [0.2, 0.25) is 0 Å². The fraction of sp³-hybridized carbons (Fsp3) is 0.290. The van der Waals surface area contributed by atoms with Crippen molar-refractivity contribution in [2.45, 2.75) is 49.1 Å². The lowest BCUT2D eigenvalue weighted by atomic mass is 9.87. The first-order chi connectivity index (χ1) is 19.7. The molecule has 0 spiro atoms. The minimum Gasteiger partial charge on any atom is -0.337 e. The summed E-state index contributed by atoms with van der Waals surface area (Å²) in [4.78, 5) is 20.1. The zero-order valence-corrected chi connectivity index (χ0v) is 23.3. The van der Waals surface area contributed by atoms with Gasteiger partial charge in [-0.25, -0.2) is 26.9 Å². The van der Waals surface area contributed by atoms with Crippen molar-refractivity contribution in [3.63, 3.8) is 0 Å². The number of nitrogens with zero attached hydrogens (tertiary/aromatic N) is 3. The predicted octanol–water partition coefficient (Wildman–Crippen LogP) is 5.39. The van der Waals surface area contributed by atoms with E-state index in [9.17, 15) is 22.0 Å². The number of fused-ring (bicyclic) bond motifs is 1. The molecule has 3 aromatic carbocycles. The lowest BCUT2D eigenvalue weighted by Crippen LogP contribution is -2.34. The zero-order chi connectivity index (χ0) is 28.7. The molecule has 2 aliphatic rings. The van der Waals surface area contributed by atoms with Gasteiger partial charge >= 0.3 is 0 Å². The smallest absolute Gasteiger partial charge is 0.241 e. The summed E-state index contributed by atoms with van der Waals surface area (Å²) in [6, 6.07) is 16.4. The number of nitrogens with one attached hydrogen (secondary N) is 1. The molecule has 0 bridgehead atoms. The highest BCUT2D eigenvalue weighted by Crippen LogP contribution is 2.49.